The number of benzene rings is 1. The van der Waals surface area contributed by atoms with Crippen LogP contribution in [-0.2, 0) is 21.2 Å². The maximum absolute atomic E-state index is 12.0. The number of sulfonamides is 1. The fraction of sp³-hybridized carbons (Fsp3) is 0.500. The molecule has 1 atom stereocenters. The first-order chi connectivity index (χ1) is 8.90. The summed E-state index contributed by atoms with van der Waals surface area (Å²) >= 11 is 0. The number of anilines is 1. The van der Waals surface area contributed by atoms with Crippen molar-refractivity contribution in [1.82, 2.24) is 4.72 Å². The zero-order chi connectivity index (χ0) is 14.5. The van der Waals surface area contributed by atoms with Gasteiger partial charge < -0.3 is 15.6 Å². The van der Waals surface area contributed by atoms with Gasteiger partial charge in [0, 0.05) is 19.3 Å². The summed E-state index contributed by atoms with van der Waals surface area (Å²) in [6.45, 7) is 1.91. The molecule has 1 aromatic carbocycles. The zero-order valence-corrected chi connectivity index (χ0v) is 11.9. The second-order valence-electron chi connectivity index (χ2n) is 4.18. The molecule has 0 spiro atoms. The van der Waals surface area contributed by atoms with Crippen molar-refractivity contribution in [3.63, 3.8) is 0 Å². The second-order valence-corrected chi connectivity index (χ2v) is 5.94. The highest BCUT2D eigenvalue weighted by atomic mass is 32.2. The number of nitrogens with one attached hydrogen (secondary N) is 1. The topological polar surface area (TPSA) is 102 Å². The van der Waals surface area contributed by atoms with Gasteiger partial charge in [-0.2, -0.15) is 0 Å². The zero-order valence-electron chi connectivity index (χ0n) is 11.1. The minimum Gasteiger partial charge on any atom is -0.398 e. The number of aliphatic hydroxyl groups excluding tert-OH is 1. The van der Waals surface area contributed by atoms with E-state index in [9.17, 15) is 13.5 Å². The Bertz CT molecular complexity index is 516. The van der Waals surface area contributed by atoms with Crippen LogP contribution < -0.4 is 10.5 Å². The molecule has 1 aromatic rings. The van der Waals surface area contributed by atoms with E-state index in [-0.39, 0.29) is 18.0 Å². The van der Waals surface area contributed by atoms with Crippen molar-refractivity contribution >= 4 is 15.7 Å². The molecule has 0 heterocycles. The van der Waals surface area contributed by atoms with Crippen LogP contribution in [-0.4, -0.2) is 39.9 Å². The molecule has 0 bridgehead atoms. The number of aryl methyl sites for hydroxylation is 1. The molecule has 1 rings (SSSR count). The van der Waals surface area contributed by atoms with E-state index >= 15 is 0 Å². The Morgan fingerprint density at radius 3 is 2.68 bits per heavy atom. The monoisotopic (exact) mass is 288 g/mol. The van der Waals surface area contributed by atoms with E-state index in [1.807, 2.05) is 6.92 Å². The number of aliphatic hydroxyl groups is 1. The van der Waals surface area contributed by atoms with Crippen LogP contribution in [0.5, 0.6) is 0 Å². The van der Waals surface area contributed by atoms with Gasteiger partial charge in [-0.05, 0) is 24.1 Å². The summed E-state index contributed by atoms with van der Waals surface area (Å²) in [6.07, 6.45) is -0.140. The van der Waals surface area contributed by atoms with Gasteiger partial charge in [-0.3, -0.25) is 0 Å². The number of rotatable bonds is 7. The predicted molar refractivity (Wildman–Crippen MR) is 73.3 cm³/mol. The van der Waals surface area contributed by atoms with Crippen molar-refractivity contribution in [3.8, 4) is 0 Å². The highest BCUT2D eigenvalue weighted by molar-refractivity contribution is 7.89. The van der Waals surface area contributed by atoms with Gasteiger partial charge in [0.15, 0.2) is 0 Å². The number of hydrogen-bond donors (Lipinski definition) is 3. The summed E-state index contributed by atoms with van der Waals surface area (Å²) in [6, 6.07) is 4.61. The third-order valence-corrected chi connectivity index (χ3v) is 4.10. The quantitative estimate of drug-likeness (QED) is 0.618. The Morgan fingerprint density at radius 2 is 2.16 bits per heavy atom. The van der Waals surface area contributed by atoms with Gasteiger partial charge in [0.1, 0.15) is 0 Å². The minimum absolute atomic E-state index is 0.0689. The van der Waals surface area contributed by atoms with E-state index in [1.165, 1.54) is 19.2 Å². The lowest BCUT2D eigenvalue weighted by molar-refractivity contribution is 0.0679. The Kier molecular flexibility index (Phi) is 5.74. The third kappa shape index (κ3) is 4.46. The average molecular weight is 288 g/mol. The number of nitrogens with two attached hydrogens (primary N) is 1. The third-order valence-electron chi connectivity index (χ3n) is 2.68. The van der Waals surface area contributed by atoms with Crippen molar-refractivity contribution in [2.24, 2.45) is 0 Å². The van der Waals surface area contributed by atoms with E-state index < -0.39 is 16.1 Å². The maximum Gasteiger partial charge on any atom is 0.240 e. The summed E-state index contributed by atoms with van der Waals surface area (Å²) in [5, 5.41) is 9.42. The Balaban J connectivity index is 2.80. The van der Waals surface area contributed by atoms with Crippen LogP contribution in [0.15, 0.2) is 23.1 Å². The first kappa shape index (κ1) is 15.9. The Labute approximate surface area is 113 Å². The molecule has 0 fully saturated rings. The molecule has 0 radical (unpaired) electrons. The fourth-order valence-electron chi connectivity index (χ4n) is 1.60. The van der Waals surface area contributed by atoms with Crippen molar-refractivity contribution < 1.29 is 18.3 Å². The van der Waals surface area contributed by atoms with E-state index in [2.05, 4.69) is 4.72 Å². The van der Waals surface area contributed by atoms with Crippen molar-refractivity contribution in [2.45, 2.75) is 24.3 Å². The first-order valence-electron chi connectivity index (χ1n) is 5.95. The molecular weight excluding hydrogens is 268 g/mol. The van der Waals surface area contributed by atoms with E-state index in [1.54, 1.807) is 6.07 Å². The largest absolute Gasteiger partial charge is 0.398 e. The molecule has 1 unspecified atom stereocenters. The summed E-state index contributed by atoms with van der Waals surface area (Å²) in [7, 11) is -2.23. The SMILES string of the molecule is CCc1ccc(S(=O)(=O)NCC(O)COC)cc1N. The number of nitrogen functional groups attached to an aromatic ring is 1. The number of hydrogen-bond acceptors (Lipinski definition) is 5. The van der Waals surface area contributed by atoms with Crippen molar-refractivity contribution in [3.05, 3.63) is 23.8 Å². The number of methoxy groups -OCH3 is 1. The molecule has 19 heavy (non-hydrogen) atoms. The van der Waals surface area contributed by atoms with Crippen LogP contribution >= 0.6 is 0 Å². The van der Waals surface area contributed by atoms with Gasteiger partial charge >= 0.3 is 0 Å². The fourth-order valence-corrected chi connectivity index (χ4v) is 2.71. The second kappa shape index (κ2) is 6.85. The molecule has 108 valence electrons. The Hall–Kier alpha value is -1.15. The van der Waals surface area contributed by atoms with Crippen LogP contribution in [0.2, 0.25) is 0 Å². The van der Waals surface area contributed by atoms with E-state index in [0.29, 0.717) is 5.69 Å². The lowest BCUT2D eigenvalue weighted by Crippen LogP contribution is -2.34. The molecule has 7 heteroatoms. The summed E-state index contributed by atoms with van der Waals surface area (Å²) in [5.41, 5.74) is 7.12. The van der Waals surface area contributed by atoms with Gasteiger partial charge in [0.25, 0.3) is 0 Å². The average Bonchev–Trinajstić information content (AvgIpc) is 2.37. The molecule has 6 nitrogen and oxygen atoms in total. The van der Waals surface area contributed by atoms with Gasteiger partial charge in [-0.1, -0.05) is 13.0 Å². The lowest BCUT2D eigenvalue weighted by atomic mass is 10.1. The number of ether oxygens (including phenoxy) is 1. The highest BCUT2D eigenvalue weighted by Gasteiger charge is 2.16. The first-order valence-corrected chi connectivity index (χ1v) is 7.44. The van der Waals surface area contributed by atoms with Crippen LogP contribution in [0.25, 0.3) is 0 Å². The molecule has 0 aliphatic heterocycles. The van der Waals surface area contributed by atoms with E-state index in [0.717, 1.165) is 12.0 Å². The van der Waals surface area contributed by atoms with Crippen LogP contribution in [0.3, 0.4) is 0 Å². The summed E-state index contributed by atoms with van der Waals surface area (Å²) in [5.74, 6) is 0. The normalized spacial score (nSPS) is 13.4. The molecule has 0 aliphatic rings. The molecule has 0 amide bonds. The van der Waals surface area contributed by atoms with Gasteiger partial charge in [-0.15, -0.1) is 0 Å². The van der Waals surface area contributed by atoms with Gasteiger partial charge in [-0.25, -0.2) is 13.1 Å². The van der Waals surface area contributed by atoms with Crippen LogP contribution in [0, 0.1) is 0 Å². The standard InChI is InChI=1S/C12H20N2O4S/c1-3-9-4-5-11(6-12(9)13)19(16,17)14-7-10(15)8-18-2/h4-6,10,14-15H,3,7-8,13H2,1-2H3. The van der Waals surface area contributed by atoms with Gasteiger partial charge in [0.2, 0.25) is 10.0 Å². The molecule has 0 aromatic heterocycles. The van der Waals surface area contributed by atoms with Crippen molar-refractivity contribution in [1.29, 1.82) is 0 Å². The van der Waals surface area contributed by atoms with Crippen LogP contribution in [0.4, 0.5) is 5.69 Å². The smallest absolute Gasteiger partial charge is 0.240 e. The summed E-state index contributed by atoms with van der Waals surface area (Å²) < 4.78 is 31.0. The Morgan fingerprint density at radius 1 is 1.47 bits per heavy atom. The maximum atomic E-state index is 12.0. The molecular formula is C12H20N2O4S. The highest BCUT2D eigenvalue weighted by Crippen LogP contribution is 2.18. The minimum atomic E-state index is -3.67. The molecule has 0 saturated heterocycles. The van der Waals surface area contributed by atoms with Crippen LogP contribution in [0.1, 0.15) is 12.5 Å². The van der Waals surface area contributed by atoms with E-state index in [4.69, 9.17) is 10.5 Å². The van der Waals surface area contributed by atoms with Gasteiger partial charge in [0.05, 0.1) is 17.6 Å². The van der Waals surface area contributed by atoms with Crippen molar-refractivity contribution in [2.75, 3.05) is 26.0 Å². The predicted octanol–water partition coefficient (Wildman–Crippen LogP) is 0.117. The lowest BCUT2D eigenvalue weighted by Gasteiger charge is -2.12. The molecule has 0 aliphatic carbocycles. The molecule has 4 N–H and O–H groups in total. The molecule has 0 saturated carbocycles. The summed E-state index contributed by atoms with van der Waals surface area (Å²) in [4.78, 5) is 0.0896.